The summed E-state index contributed by atoms with van der Waals surface area (Å²) in [5.74, 6) is -8.01. The lowest BCUT2D eigenvalue weighted by Gasteiger charge is -2.53. The molecule has 0 aromatic heterocycles. The van der Waals surface area contributed by atoms with Gasteiger partial charge >= 0.3 is 0 Å². The number of hydrogen-bond donors (Lipinski definition) is 6. The van der Waals surface area contributed by atoms with Gasteiger partial charge in [-0.05, 0) is 39.6 Å². The average Bonchev–Trinajstić information content (AvgIpc) is 2.73. The number of rotatable bonds is 3. The highest BCUT2D eigenvalue weighted by atomic mass is 16.3. The highest BCUT2D eigenvalue weighted by Gasteiger charge is 2.66. The Bertz CT molecular complexity index is 1250. The predicted molar refractivity (Wildman–Crippen MR) is 124 cm³/mol. The second-order valence-corrected chi connectivity index (χ2v) is 10.0. The molecule has 1 saturated carbocycles. The number of hydrogen-bond acceptors (Lipinski definition) is 10. The summed E-state index contributed by atoms with van der Waals surface area (Å²) in [6, 6.07) is 1.62. The number of amides is 1. The zero-order chi connectivity index (χ0) is 26.4. The topological polar surface area (TPSA) is 185 Å². The van der Waals surface area contributed by atoms with Crippen LogP contribution in [0.15, 0.2) is 29.0 Å². The van der Waals surface area contributed by atoms with E-state index < -0.39 is 75.0 Å². The number of carbonyl (C=O) groups excluding carboxylic acids is 3. The summed E-state index contributed by atoms with van der Waals surface area (Å²) in [5, 5.41) is 56.1. The molecule has 4 rings (SSSR count). The first-order chi connectivity index (χ1) is 16.1. The van der Waals surface area contributed by atoms with Gasteiger partial charge in [0.05, 0.1) is 17.2 Å². The summed E-state index contributed by atoms with van der Waals surface area (Å²) < 4.78 is 0. The van der Waals surface area contributed by atoms with Crippen molar-refractivity contribution in [1.82, 2.24) is 4.90 Å². The molecule has 0 aliphatic heterocycles. The molecular formula is C24H29N3O8. The van der Waals surface area contributed by atoms with Crippen molar-refractivity contribution in [3.63, 3.8) is 0 Å². The van der Waals surface area contributed by atoms with E-state index in [0.29, 0.717) is 5.69 Å². The minimum Gasteiger partial charge on any atom is -0.508 e. The number of aliphatic hydroxyl groups is 4. The predicted octanol–water partition coefficient (Wildman–Crippen LogP) is -0.305. The minimum atomic E-state index is -2.77. The molecule has 0 spiro atoms. The zero-order valence-electron chi connectivity index (χ0n) is 20.0. The number of aromatic hydroxyl groups is 1. The van der Waals surface area contributed by atoms with Gasteiger partial charge in [-0.2, -0.15) is 0 Å². The van der Waals surface area contributed by atoms with Crippen LogP contribution in [0, 0.1) is 11.8 Å². The van der Waals surface area contributed by atoms with Crippen molar-refractivity contribution in [1.29, 1.82) is 0 Å². The van der Waals surface area contributed by atoms with E-state index in [2.05, 4.69) is 0 Å². The monoisotopic (exact) mass is 487 g/mol. The number of carbonyl (C=O) groups is 3. The first-order valence-corrected chi connectivity index (χ1v) is 11.0. The average molecular weight is 488 g/mol. The lowest BCUT2D eigenvalue weighted by atomic mass is 9.54. The Morgan fingerprint density at radius 2 is 1.69 bits per heavy atom. The Labute approximate surface area is 201 Å². The third-order valence-corrected chi connectivity index (χ3v) is 7.58. The fraction of sp³-hybridized carbons (Fsp3) is 0.458. The van der Waals surface area contributed by atoms with E-state index in [1.54, 1.807) is 25.1 Å². The molecule has 1 aromatic rings. The molecule has 1 aromatic carbocycles. The maximum atomic E-state index is 13.9. The molecule has 3 aliphatic rings. The van der Waals surface area contributed by atoms with Gasteiger partial charge in [0, 0.05) is 42.8 Å². The van der Waals surface area contributed by atoms with Crippen molar-refractivity contribution < 1.29 is 39.9 Å². The molecule has 0 saturated heterocycles. The number of ketones is 2. The van der Waals surface area contributed by atoms with E-state index in [1.165, 1.54) is 32.0 Å². The van der Waals surface area contributed by atoms with Gasteiger partial charge in [-0.3, -0.25) is 19.3 Å². The molecule has 3 aliphatic carbocycles. The Morgan fingerprint density at radius 1 is 1.09 bits per heavy atom. The molecule has 188 valence electrons. The summed E-state index contributed by atoms with van der Waals surface area (Å²) in [6.07, 6.45) is -0.221. The second-order valence-electron chi connectivity index (χ2n) is 10.0. The van der Waals surface area contributed by atoms with Gasteiger partial charge in [-0.25, -0.2) is 0 Å². The van der Waals surface area contributed by atoms with Crippen molar-refractivity contribution >= 4 is 28.9 Å². The number of phenolic OH excluding ortho intramolecular Hbond substituents is 1. The summed E-state index contributed by atoms with van der Waals surface area (Å²) >= 11 is 0. The van der Waals surface area contributed by atoms with Crippen LogP contribution in [0.25, 0.3) is 5.76 Å². The molecule has 0 unspecified atom stereocenters. The fourth-order valence-corrected chi connectivity index (χ4v) is 5.98. The normalized spacial score (nSPS) is 32.4. The van der Waals surface area contributed by atoms with Crippen LogP contribution < -0.4 is 10.6 Å². The Balaban J connectivity index is 2.08. The number of benzene rings is 1. The molecule has 35 heavy (non-hydrogen) atoms. The smallest absolute Gasteiger partial charge is 0.255 e. The Hall–Kier alpha value is -3.41. The summed E-state index contributed by atoms with van der Waals surface area (Å²) in [4.78, 5) is 42.1. The number of primary amides is 1. The lowest BCUT2D eigenvalue weighted by Crippen LogP contribution is -2.67. The van der Waals surface area contributed by atoms with Crippen molar-refractivity contribution in [2.45, 2.75) is 30.6 Å². The summed E-state index contributed by atoms with van der Waals surface area (Å²) in [7, 11) is 6.43. The summed E-state index contributed by atoms with van der Waals surface area (Å²) in [6.45, 7) is 1.42. The van der Waals surface area contributed by atoms with Gasteiger partial charge in [0.1, 0.15) is 22.8 Å². The largest absolute Gasteiger partial charge is 0.508 e. The van der Waals surface area contributed by atoms with Crippen molar-refractivity contribution in [2.75, 3.05) is 33.1 Å². The third kappa shape index (κ3) is 2.98. The second kappa shape index (κ2) is 7.54. The molecule has 0 heterocycles. The van der Waals surface area contributed by atoms with Crippen molar-refractivity contribution in [3.8, 4) is 5.75 Å². The number of phenols is 1. The lowest BCUT2D eigenvalue weighted by molar-refractivity contribution is -0.159. The number of anilines is 1. The van der Waals surface area contributed by atoms with E-state index >= 15 is 0 Å². The van der Waals surface area contributed by atoms with Crippen molar-refractivity contribution in [2.24, 2.45) is 17.6 Å². The Morgan fingerprint density at radius 3 is 2.20 bits per heavy atom. The standard InChI is InChI=1S/C24H29N3O8/c1-23(34)9-8-10-17(27(4)5)19(30)15(22(25)33)21(32)24(10,35)20(31)13(9)18(29)14-12(28)7-6-11(16(14)23)26(2)3/h6-7,9-10,17,28-29,32,34-35H,8H2,1-5H3,(H2,25,33)/t9-,10-,17-,23-,24-/m0/s1. The molecule has 5 atom stereocenters. The van der Waals surface area contributed by atoms with Gasteiger partial charge in [0.2, 0.25) is 5.78 Å². The molecule has 1 amide bonds. The van der Waals surface area contributed by atoms with E-state index in [-0.39, 0.29) is 17.5 Å². The van der Waals surface area contributed by atoms with Crippen LogP contribution in [-0.2, 0) is 20.0 Å². The Kier molecular flexibility index (Phi) is 5.32. The van der Waals surface area contributed by atoms with Crippen LogP contribution in [0.4, 0.5) is 5.69 Å². The van der Waals surface area contributed by atoms with Gasteiger partial charge in [0.15, 0.2) is 11.4 Å². The quantitative estimate of drug-likeness (QED) is 0.309. The van der Waals surface area contributed by atoms with Crippen LogP contribution in [0.5, 0.6) is 5.75 Å². The highest BCUT2D eigenvalue weighted by molar-refractivity contribution is 6.24. The number of likely N-dealkylation sites (N-methyl/N-ethyl adjacent to an activating group) is 1. The third-order valence-electron chi connectivity index (χ3n) is 7.58. The van der Waals surface area contributed by atoms with Crippen LogP contribution in [0.2, 0.25) is 0 Å². The number of Topliss-reactive ketones (excluding diaryl/α,β-unsaturated/α-hetero) is 2. The highest BCUT2D eigenvalue weighted by Crippen LogP contribution is 2.58. The number of aliphatic hydroxyl groups excluding tert-OH is 2. The number of nitrogens with zero attached hydrogens (tertiary/aromatic N) is 2. The fourth-order valence-electron chi connectivity index (χ4n) is 5.98. The van der Waals surface area contributed by atoms with Gasteiger partial charge < -0.3 is 36.2 Å². The first kappa shape index (κ1) is 24.7. The van der Waals surface area contributed by atoms with Crippen LogP contribution in [0.3, 0.4) is 0 Å². The molecule has 11 nitrogen and oxygen atoms in total. The molecular weight excluding hydrogens is 458 g/mol. The summed E-state index contributed by atoms with van der Waals surface area (Å²) in [5.41, 5.74) is -0.145. The van der Waals surface area contributed by atoms with Crippen LogP contribution in [0.1, 0.15) is 24.5 Å². The van der Waals surface area contributed by atoms with Gasteiger partial charge in [-0.15, -0.1) is 0 Å². The maximum absolute atomic E-state index is 13.9. The van der Waals surface area contributed by atoms with E-state index in [1.807, 2.05) is 0 Å². The van der Waals surface area contributed by atoms with E-state index in [4.69, 9.17) is 5.73 Å². The molecule has 0 bridgehead atoms. The molecule has 1 fully saturated rings. The van der Waals surface area contributed by atoms with Crippen molar-refractivity contribution in [3.05, 3.63) is 40.2 Å². The van der Waals surface area contributed by atoms with E-state index in [0.717, 1.165) is 0 Å². The number of fused-ring (bicyclic) bond motifs is 3. The number of nitrogens with two attached hydrogens (primary N) is 1. The minimum absolute atomic E-state index is 0.174. The SMILES string of the molecule is CN(C)c1ccc(O)c2c1[C@@](C)(O)[C@H]1C[C@H]3[C@H](N(C)C)C(=O)C(C(N)=O)=C(O)[C@@]3(O)C(=O)C1=C2O. The molecule has 7 N–H and O–H groups in total. The molecule has 11 heteroatoms. The maximum Gasteiger partial charge on any atom is 0.255 e. The van der Waals surface area contributed by atoms with Crippen LogP contribution >= 0.6 is 0 Å². The van der Waals surface area contributed by atoms with E-state index in [9.17, 15) is 39.9 Å². The van der Waals surface area contributed by atoms with Gasteiger partial charge in [-0.1, -0.05) is 0 Å². The molecule has 0 radical (unpaired) electrons. The van der Waals surface area contributed by atoms with Gasteiger partial charge in [0.25, 0.3) is 5.91 Å². The first-order valence-electron chi connectivity index (χ1n) is 11.0. The van der Waals surface area contributed by atoms with Crippen LogP contribution in [-0.4, -0.2) is 87.7 Å². The zero-order valence-corrected chi connectivity index (χ0v) is 20.0.